The lowest BCUT2D eigenvalue weighted by atomic mass is 10.2. The molecule has 154 valence electrons. The van der Waals surface area contributed by atoms with E-state index in [1.165, 1.54) is 10.9 Å². The lowest BCUT2D eigenvalue weighted by molar-refractivity contribution is 0.0734. The maximum Gasteiger partial charge on any atom is 0.343 e. The molecule has 0 amide bonds. The molecule has 0 saturated carbocycles. The van der Waals surface area contributed by atoms with E-state index < -0.39 is 5.97 Å². The summed E-state index contributed by atoms with van der Waals surface area (Å²) in [4.78, 5) is 30.0. The summed E-state index contributed by atoms with van der Waals surface area (Å²) in [6.07, 6.45) is 2.03. The number of nitrogens with zero attached hydrogens (tertiary/aromatic N) is 3. The van der Waals surface area contributed by atoms with Crippen LogP contribution in [0.15, 0.2) is 87.2 Å². The molecular formula is C24H18BrN3O3. The highest BCUT2D eigenvalue weighted by molar-refractivity contribution is 9.10. The summed E-state index contributed by atoms with van der Waals surface area (Å²) >= 11 is 3.43. The number of ether oxygens (including phenoxy) is 1. The highest BCUT2D eigenvalue weighted by Crippen LogP contribution is 2.23. The third-order valence-corrected chi connectivity index (χ3v) is 5.13. The molecule has 0 radical (unpaired) electrons. The van der Waals surface area contributed by atoms with Gasteiger partial charge >= 0.3 is 5.97 Å². The molecule has 1 aromatic heterocycles. The van der Waals surface area contributed by atoms with Crippen LogP contribution < -0.4 is 10.3 Å². The van der Waals surface area contributed by atoms with E-state index in [0.29, 0.717) is 40.0 Å². The molecule has 0 aliphatic rings. The molecule has 6 nitrogen and oxygen atoms in total. The van der Waals surface area contributed by atoms with Gasteiger partial charge in [-0.2, -0.15) is 9.78 Å². The van der Waals surface area contributed by atoms with Gasteiger partial charge in [0.15, 0.2) is 0 Å². The van der Waals surface area contributed by atoms with Gasteiger partial charge in [0.05, 0.1) is 22.7 Å². The maximum absolute atomic E-state index is 13.0. The van der Waals surface area contributed by atoms with Crippen LogP contribution >= 0.6 is 15.9 Å². The molecule has 0 aliphatic carbocycles. The van der Waals surface area contributed by atoms with Gasteiger partial charge in [0.1, 0.15) is 11.6 Å². The topological polar surface area (TPSA) is 73.6 Å². The number of benzene rings is 3. The first-order chi connectivity index (χ1) is 15.1. The van der Waals surface area contributed by atoms with E-state index in [4.69, 9.17) is 4.74 Å². The summed E-state index contributed by atoms with van der Waals surface area (Å²) in [6.45, 7) is 1.91. The van der Waals surface area contributed by atoms with Gasteiger partial charge in [-0.1, -0.05) is 53.2 Å². The second kappa shape index (κ2) is 9.06. The quantitative estimate of drug-likeness (QED) is 0.235. The van der Waals surface area contributed by atoms with Crippen molar-refractivity contribution < 1.29 is 9.53 Å². The van der Waals surface area contributed by atoms with E-state index in [2.05, 4.69) is 26.0 Å². The molecule has 0 unspecified atom stereocenters. The van der Waals surface area contributed by atoms with Crippen molar-refractivity contribution >= 4 is 39.0 Å². The Morgan fingerprint density at radius 2 is 1.84 bits per heavy atom. The van der Waals surface area contributed by atoms with E-state index in [0.717, 1.165) is 4.47 Å². The van der Waals surface area contributed by atoms with Crippen molar-refractivity contribution in [2.75, 3.05) is 0 Å². The molecule has 0 bridgehead atoms. The van der Waals surface area contributed by atoms with Crippen LogP contribution in [0.2, 0.25) is 0 Å². The molecule has 7 heteroatoms. The Bertz CT molecular complexity index is 1350. The fourth-order valence-corrected chi connectivity index (χ4v) is 3.46. The number of halogens is 1. The van der Waals surface area contributed by atoms with Crippen LogP contribution in [0.25, 0.3) is 10.9 Å². The van der Waals surface area contributed by atoms with Crippen molar-refractivity contribution in [2.45, 2.75) is 13.3 Å². The normalized spacial score (nSPS) is 11.2. The van der Waals surface area contributed by atoms with Crippen molar-refractivity contribution in [1.82, 2.24) is 9.66 Å². The van der Waals surface area contributed by atoms with Crippen LogP contribution in [0.3, 0.4) is 0 Å². The van der Waals surface area contributed by atoms with Gasteiger partial charge in [0, 0.05) is 16.5 Å². The fourth-order valence-electron chi connectivity index (χ4n) is 3.08. The van der Waals surface area contributed by atoms with Crippen molar-refractivity contribution in [3.63, 3.8) is 0 Å². The van der Waals surface area contributed by atoms with Gasteiger partial charge in [-0.05, 0) is 42.5 Å². The van der Waals surface area contributed by atoms with Crippen LogP contribution in [-0.2, 0) is 6.42 Å². The van der Waals surface area contributed by atoms with Gasteiger partial charge in [0.2, 0.25) is 0 Å². The molecule has 0 fully saturated rings. The minimum Gasteiger partial charge on any atom is -0.422 e. The van der Waals surface area contributed by atoms with E-state index in [1.54, 1.807) is 60.7 Å². The summed E-state index contributed by atoms with van der Waals surface area (Å²) in [6, 6.07) is 21.1. The molecule has 1 heterocycles. The molecule has 0 saturated heterocycles. The van der Waals surface area contributed by atoms with E-state index in [-0.39, 0.29) is 5.56 Å². The van der Waals surface area contributed by atoms with Gasteiger partial charge in [0.25, 0.3) is 5.56 Å². The predicted octanol–water partition coefficient (Wildman–Crippen LogP) is 4.82. The largest absolute Gasteiger partial charge is 0.422 e. The summed E-state index contributed by atoms with van der Waals surface area (Å²) in [5, 5.41) is 4.87. The van der Waals surface area contributed by atoms with Gasteiger partial charge in [-0.15, -0.1) is 0 Å². The molecule has 4 aromatic rings. The number of fused-ring (bicyclic) bond motifs is 1. The fraction of sp³-hybridized carbons (Fsp3) is 0.0833. The highest BCUT2D eigenvalue weighted by Gasteiger charge is 2.12. The minimum absolute atomic E-state index is 0.253. The van der Waals surface area contributed by atoms with Gasteiger partial charge in [-0.3, -0.25) is 4.79 Å². The monoisotopic (exact) mass is 475 g/mol. The standard InChI is InChI=1S/C24H18BrN3O3/c1-2-22-27-20-11-7-6-10-19(20)23(29)28(22)26-15-17-14-18(25)12-13-21(17)31-24(30)16-8-4-3-5-9-16/h3-15H,2H2,1H3. The first-order valence-electron chi connectivity index (χ1n) is 9.68. The van der Waals surface area contributed by atoms with Crippen molar-refractivity contribution in [3.05, 3.63) is 105 Å². The minimum atomic E-state index is -0.476. The Hall–Kier alpha value is -3.58. The van der Waals surface area contributed by atoms with Crippen molar-refractivity contribution in [1.29, 1.82) is 0 Å². The van der Waals surface area contributed by atoms with E-state index >= 15 is 0 Å². The van der Waals surface area contributed by atoms with Crippen molar-refractivity contribution in [3.8, 4) is 5.75 Å². The molecule has 0 spiro atoms. The maximum atomic E-state index is 13.0. The molecule has 0 aliphatic heterocycles. The number of rotatable bonds is 5. The average Bonchev–Trinajstić information content (AvgIpc) is 2.80. The van der Waals surface area contributed by atoms with Crippen molar-refractivity contribution in [2.24, 2.45) is 5.10 Å². The summed E-state index contributed by atoms with van der Waals surface area (Å²) < 4.78 is 7.65. The molecule has 31 heavy (non-hydrogen) atoms. The zero-order valence-corrected chi connectivity index (χ0v) is 18.2. The first kappa shape index (κ1) is 20.7. The number of hydrogen-bond donors (Lipinski definition) is 0. The van der Waals surface area contributed by atoms with Crippen LogP contribution in [0.5, 0.6) is 5.75 Å². The number of para-hydroxylation sites is 1. The Morgan fingerprint density at radius 3 is 2.61 bits per heavy atom. The third-order valence-electron chi connectivity index (χ3n) is 4.63. The van der Waals surface area contributed by atoms with Gasteiger partial charge in [-0.25, -0.2) is 9.78 Å². The molecule has 0 atom stereocenters. The van der Waals surface area contributed by atoms with Crippen LogP contribution in [0.4, 0.5) is 0 Å². The summed E-state index contributed by atoms with van der Waals surface area (Å²) in [7, 11) is 0. The number of aryl methyl sites for hydroxylation is 1. The molecule has 3 aromatic carbocycles. The zero-order chi connectivity index (χ0) is 21.8. The number of aromatic nitrogens is 2. The average molecular weight is 476 g/mol. The van der Waals surface area contributed by atoms with Crippen LogP contribution in [0, 0.1) is 0 Å². The number of hydrogen-bond acceptors (Lipinski definition) is 5. The molecule has 4 rings (SSSR count). The second-order valence-corrected chi connectivity index (χ2v) is 7.61. The lowest BCUT2D eigenvalue weighted by Crippen LogP contribution is -2.22. The zero-order valence-electron chi connectivity index (χ0n) is 16.7. The Morgan fingerprint density at radius 1 is 1.10 bits per heavy atom. The van der Waals surface area contributed by atoms with Gasteiger partial charge < -0.3 is 4.74 Å². The third kappa shape index (κ3) is 4.46. The molecule has 0 N–H and O–H groups in total. The van der Waals surface area contributed by atoms with E-state index in [9.17, 15) is 9.59 Å². The number of carbonyl (C=O) groups excluding carboxylic acids is 1. The Kier molecular flexibility index (Phi) is 6.04. The summed E-state index contributed by atoms with van der Waals surface area (Å²) in [5.74, 6) is 0.398. The Labute approximate surface area is 187 Å². The highest BCUT2D eigenvalue weighted by atomic mass is 79.9. The summed E-state index contributed by atoms with van der Waals surface area (Å²) in [5.41, 5.74) is 1.37. The number of esters is 1. The van der Waals surface area contributed by atoms with Crippen LogP contribution in [-0.4, -0.2) is 21.8 Å². The SMILES string of the molecule is CCc1nc2ccccc2c(=O)n1N=Cc1cc(Br)ccc1OC(=O)c1ccccc1. The predicted molar refractivity (Wildman–Crippen MR) is 124 cm³/mol. The molecular weight excluding hydrogens is 458 g/mol. The van der Waals surface area contributed by atoms with E-state index in [1.807, 2.05) is 19.1 Å². The smallest absolute Gasteiger partial charge is 0.343 e. The lowest BCUT2D eigenvalue weighted by Gasteiger charge is -2.09. The Balaban J connectivity index is 1.73. The first-order valence-corrected chi connectivity index (χ1v) is 10.5. The number of carbonyl (C=O) groups is 1. The second-order valence-electron chi connectivity index (χ2n) is 6.70. The van der Waals surface area contributed by atoms with Crippen LogP contribution in [0.1, 0.15) is 28.7 Å².